The van der Waals surface area contributed by atoms with E-state index in [2.05, 4.69) is 10.6 Å². The van der Waals surface area contributed by atoms with E-state index in [-0.39, 0.29) is 11.1 Å². The fourth-order valence-electron chi connectivity index (χ4n) is 3.14. The smallest absolute Gasteiger partial charge is 0.258 e. The Kier molecular flexibility index (Phi) is 3.70. The normalized spacial score (nSPS) is 15.6. The third kappa shape index (κ3) is 2.62. The predicted molar refractivity (Wildman–Crippen MR) is 96.9 cm³/mol. The summed E-state index contributed by atoms with van der Waals surface area (Å²) in [7, 11) is 0. The van der Waals surface area contributed by atoms with Crippen molar-refractivity contribution in [2.75, 3.05) is 0 Å². The van der Waals surface area contributed by atoms with Gasteiger partial charge in [0, 0.05) is 11.1 Å². The van der Waals surface area contributed by atoms with Crippen molar-refractivity contribution >= 4 is 35.4 Å². The molecule has 27 heavy (non-hydrogen) atoms. The van der Waals surface area contributed by atoms with Crippen molar-refractivity contribution in [2.24, 2.45) is 5.73 Å². The molecule has 2 aromatic carbocycles. The van der Waals surface area contributed by atoms with Gasteiger partial charge in [-0.3, -0.25) is 19.2 Å². The van der Waals surface area contributed by atoms with Gasteiger partial charge in [0.2, 0.25) is 5.91 Å². The number of rotatable bonds is 4. The average molecular weight is 359 g/mol. The number of nitrogens with two attached hydrogens (primary N) is 1. The zero-order chi connectivity index (χ0) is 19.1. The molecule has 7 heteroatoms. The van der Waals surface area contributed by atoms with E-state index in [9.17, 15) is 19.2 Å². The molecule has 0 aromatic heterocycles. The fraction of sp³-hybridized carbons (Fsp3) is 0. The Morgan fingerprint density at radius 1 is 0.778 bits per heavy atom. The van der Waals surface area contributed by atoms with Gasteiger partial charge >= 0.3 is 0 Å². The lowest BCUT2D eigenvalue weighted by atomic mass is 10.0. The minimum Gasteiger partial charge on any atom is -0.366 e. The Morgan fingerprint density at radius 2 is 1.22 bits per heavy atom. The van der Waals surface area contributed by atoms with Crippen LogP contribution in [0.2, 0.25) is 0 Å². The lowest BCUT2D eigenvalue weighted by Gasteiger charge is -2.07. The maximum absolute atomic E-state index is 12.5. The van der Waals surface area contributed by atoms with E-state index in [0.29, 0.717) is 33.6 Å². The summed E-state index contributed by atoms with van der Waals surface area (Å²) in [5.41, 5.74) is 8.56. The number of carbonyl (C=O) groups is 4. The van der Waals surface area contributed by atoms with Gasteiger partial charge < -0.3 is 16.4 Å². The first kappa shape index (κ1) is 16.5. The van der Waals surface area contributed by atoms with Crippen LogP contribution in [0.1, 0.15) is 31.8 Å². The van der Waals surface area contributed by atoms with Gasteiger partial charge in [0.1, 0.15) is 6.29 Å². The summed E-state index contributed by atoms with van der Waals surface area (Å²) in [4.78, 5) is 47.1. The lowest BCUT2D eigenvalue weighted by molar-refractivity contribution is -0.117. The van der Waals surface area contributed by atoms with E-state index in [4.69, 9.17) is 5.73 Å². The molecule has 0 unspecified atom stereocenters. The number of primary amides is 1. The van der Waals surface area contributed by atoms with E-state index in [0.717, 1.165) is 6.29 Å². The highest BCUT2D eigenvalue weighted by Gasteiger charge is 2.40. The van der Waals surface area contributed by atoms with Gasteiger partial charge in [-0.15, -0.1) is 0 Å². The fourth-order valence-corrected chi connectivity index (χ4v) is 3.14. The summed E-state index contributed by atoms with van der Waals surface area (Å²) >= 11 is 0. The van der Waals surface area contributed by atoms with Crippen LogP contribution in [0.25, 0.3) is 11.4 Å². The summed E-state index contributed by atoms with van der Waals surface area (Å²) in [5.74, 6) is -1.35. The van der Waals surface area contributed by atoms with Crippen molar-refractivity contribution in [1.29, 1.82) is 0 Å². The summed E-state index contributed by atoms with van der Waals surface area (Å²) in [6.07, 6.45) is 0.719. The lowest BCUT2D eigenvalue weighted by Crippen LogP contribution is -2.21. The van der Waals surface area contributed by atoms with Crippen LogP contribution in [0.3, 0.4) is 0 Å². The second-order valence-electron chi connectivity index (χ2n) is 6.09. The Hall–Kier alpha value is -4.00. The number of hydrogen-bond acceptors (Lipinski definition) is 4. The van der Waals surface area contributed by atoms with Crippen LogP contribution in [0.4, 0.5) is 0 Å². The summed E-state index contributed by atoms with van der Waals surface area (Å²) in [5, 5.41) is 5.45. The molecule has 2 aliphatic heterocycles. The van der Waals surface area contributed by atoms with Crippen LogP contribution in [0.5, 0.6) is 0 Å². The molecular formula is C20H13N3O4. The number of amides is 3. The molecule has 0 saturated heterocycles. The standard InChI is InChI=1S/C20H13N3O4/c21-18(25)13-7-5-12(6-8-13)17-15-14(19(26)23-17)16(22-20(15)27)11-3-1-10(9-24)2-4-11/h1-9H,(H2,21,25)(H,22,27)(H,23,26). The maximum Gasteiger partial charge on any atom is 0.258 e. The van der Waals surface area contributed by atoms with Crippen LogP contribution in [-0.2, 0) is 9.59 Å². The largest absolute Gasteiger partial charge is 0.366 e. The van der Waals surface area contributed by atoms with Crippen molar-refractivity contribution in [1.82, 2.24) is 10.6 Å². The SMILES string of the molecule is NC(=O)c1ccc(C2=C3C(=O)NC(c4ccc(C=O)cc4)=C3C(=O)N2)cc1. The minimum absolute atomic E-state index is 0.251. The molecule has 7 nitrogen and oxygen atoms in total. The topological polar surface area (TPSA) is 118 Å². The van der Waals surface area contributed by atoms with Crippen molar-refractivity contribution in [3.63, 3.8) is 0 Å². The quantitative estimate of drug-likeness (QED) is 0.705. The molecule has 2 aliphatic rings. The summed E-state index contributed by atoms with van der Waals surface area (Å²) in [6.45, 7) is 0. The van der Waals surface area contributed by atoms with Crippen LogP contribution in [-0.4, -0.2) is 24.0 Å². The monoisotopic (exact) mass is 359 g/mol. The van der Waals surface area contributed by atoms with Gasteiger partial charge in [-0.1, -0.05) is 36.4 Å². The molecule has 132 valence electrons. The highest BCUT2D eigenvalue weighted by atomic mass is 16.2. The Labute approximate surface area is 153 Å². The first-order valence-corrected chi connectivity index (χ1v) is 8.07. The van der Waals surface area contributed by atoms with Crippen LogP contribution >= 0.6 is 0 Å². The van der Waals surface area contributed by atoms with Gasteiger partial charge in [0.05, 0.1) is 22.5 Å². The molecular weight excluding hydrogens is 346 g/mol. The molecule has 0 fully saturated rings. The number of fused-ring (bicyclic) bond motifs is 1. The molecule has 0 radical (unpaired) electrons. The number of hydrogen-bond donors (Lipinski definition) is 3. The van der Waals surface area contributed by atoms with Gasteiger partial charge in [0.15, 0.2) is 0 Å². The van der Waals surface area contributed by atoms with E-state index in [1.54, 1.807) is 36.4 Å². The van der Waals surface area contributed by atoms with Crippen molar-refractivity contribution in [2.45, 2.75) is 0 Å². The molecule has 0 aliphatic carbocycles. The molecule has 4 rings (SSSR count). The van der Waals surface area contributed by atoms with Crippen molar-refractivity contribution < 1.29 is 19.2 Å². The Balaban J connectivity index is 1.82. The van der Waals surface area contributed by atoms with Gasteiger partial charge in [-0.05, 0) is 23.3 Å². The first-order chi connectivity index (χ1) is 13.0. The first-order valence-electron chi connectivity index (χ1n) is 8.07. The third-order valence-corrected chi connectivity index (χ3v) is 4.47. The van der Waals surface area contributed by atoms with Crippen LogP contribution < -0.4 is 16.4 Å². The number of benzene rings is 2. The predicted octanol–water partition coefficient (Wildman–Crippen LogP) is 0.980. The molecule has 0 atom stereocenters. The van der Waals surface area contributed by atoms with Gasteiger partial charge in [0.25, 0.3) is 11.8 Å². The molecule has 2 heterocycles. The molecule has 0 spiro atoms. The summed E-state index contributed by atoms with van der Waals surface area (Å²) in [6, 6.07) is 12.9. The van der Waals surface area contributed by atoms with Crippen LogP contribution in [0, 0.1) is 0 Å². The summed E-state index contributed by atoms with van der Waals surface area (Å²) < 4.78 is 0. The van der Waals surface area contributed by atoms with Gasteiger partial charge in [-0.25, -0.2) is 0 Å². The number of nitrogens with one attached hydrogen (secondary N) is 2. The highest BCUT2D eigenvalue weighted by molar-refractivity contribution is 6.30. The van der Waals surface area contributed by atoms with E-state index >= 15 is 0 Å². The maximum atomic E-state index is 12.5. The minimum atomic E-state index is -0.560. The number of aldehydes is 1. The van der Waals surface area contributed by atoms with Crippen LogP contribution in [0.15, 0.2) is 59.7 Å². The Morgan fingerprint density at radius 3 is 1.63 bits per heavy atom. The Bertz CT molecular complexity index is 1080. The zero-order valence-corrected chi connectivity index (χ0v) is 13.9. The average Bonchev–Trinajstić information content (AvgIpc) is 3.21. The van der Waals surface area contributed by atoms with Crippen molar-refractivity contribution in [3.8, 4) is 0 Å². The molecule has 0 saturated carbocycles. The third-order valence-electron chi connectivity index (χ3n) is 4.47. The van der Waals surface area contributed by atoms with E-state index in [1.807, 2.05) is 0 Å². The zero-order valence-electron chi connectivity index (χ0n) is 13.9. The molecule has 2 aromatic rings. The molecule has 4 N–H and O–H groups in total. The van der Waals surface area contributed by atoms with Crippen molar-refractivity contribution in [3.05, 3.63) is 81.9 Å². The highest BCUT2D eigenvalue weighted by Crippen LogP contribution is 2.37. The second kappa shape index (κ2) is 6.06. The molecule has 0 bridgehead atoms. The van der Waals surface area contributed by atoms with Gasteiger partial charge in [-0.2, -0.15) is 0 Å². The van der Waals surface area contributed by atoms with E-state index in [1.165, 1.54) is 12.1 Å². The molecule has 3 amide bonds. The number of carbonyl (C=O) groups excluding carboxylic acids is 4. The second-order valence-corrected chi connectivity index (χ2v) is 6.09. The van der Waals surface area contributed by atoms with E-state index < -0.39 is 17.7 Å².